The molecule has 0 radical (unpaired) electrons. The van der Waals surface area contributed by atoms with E-state index in [0.717, 1.165) is 23.6 Å². The summed E-state index contributed by atoms with van der Waals surface area (Å²) < 4.78 is 50.2. The standard InChI is InChI=1S/C16H11F2NO3S/c17-11-4-5-14(18)10(8-11)9-19-16(20)13-2-1-3-15-12(13)6-7-23(15,21)22/h1-8H,9H2,(H,19,20). The van der Waals surface area contributed by atoms with E-state index in [4.69, 9.17) is 0 Å². The zero-order valence-electron chi connectivity index (χ0n) is 11.7. The van der Waals surface area contributed by atoms with Crippen LogP contribution in [0.25, 0.3) is 6.08 Å². The van der Waals surface area contributed by atoms with Gasteiger partial charge < -0.3 is 5.32 Å². The lowest BCUT2D eigenvalue weighted by molar-refractivity contribution is 0.0950. The van der Waals surface area contributed by atoms with Crippen LogP contribution in [0.5, 0.6) is 0 Å². The van der Waals surface area contributed by atoms with Crippen molar-refractivity contribution in [2.75, 3.05) is 0 Å². The van der Waals surface area contributed by atoms with Crippen LogP contribution in [-0.4, -0.2) is 14.3 Å². The van der Waals surface area contributed by atoms with Gasteiger partial charge in [-0.15, -0.1) is 0 Å². The molecular weight excluding hydrogens is 324 g/mol. The van der Waals surface area contributed by atoms with Crippen molar-refractivity contribution in [1.29, 1.82) is 0 Å². The van der Waals surface area contributed by atoms with Crippen molar-refractivity contribution >= 4 is 21.8 Å². The smallest absolute Gasteiger partial charge is 0.252 e. The Balaban J connectivity index is 1.84. The molecule has 3 rings (SSSR count). The highest BCUT2D eigenvalue weighted by Crippen LogP contribution is 2.29. The largest absolute Gasteiger partial charge is 0.348 e. The highest BCUT2D eigenvalue weighted by atomic mass is 32.2. The van der Waals surface area contributed by atoms with E-state index in [1.807, 2.05) is 0 Å². The molecular formula is C16H11F2NO3S. The second-order valence-electron chi connectivity index (χ2n) is 4.98. The fourth-order valence-corrected chi connectivity index (χ4v) is 3.56. The summed E-state index contributed by atoms with van der Waals surface area (Å²) in [6, 6.07) is 7.30. The summed E-state index contributed by atoms with van der Waals surface area (Å²) in [7, 11) is -3.51. The minimum atomic E-state index is -3.51. The van der Waals surface area contributed by atoms with Gasteiger partial charge in [-0.2, -0.15) is 0 Å². The molecule has 0 saturated heterocycles. The molecule has 0 unspecified atom stereocenters. The summed E-state index contributed by atoms with van der Waals surface area (Å²) in [5.41, 5.74) is 0.468. The molecule has 1 aliphatic rings. The fourth-order valence-electron chi connectivity index (χ4n) is 2.34. The number of amides is 1. The number of hydrogen-bond acceptors (Lipinski definition) is 3. The van der Waals surface area contributed by atoms with Crippen LogP contribution in [0.1, 0.15) is 21.5 Å². The molecule has 1 heterocycles. The van der Waals surface area contributed by atoms with E-state index in [9.17, 15) is 22.0 Å². The zero-order valence-corrected chi connectivity index (χ0v) is 12.5. The molecule has 1 aliphatic heterocycles. The molecule has 4 nitrogen and oxygen atoms in total. The highest BCUT2D eigenvalue weighted by Gasteiger charge is 2.24. The van der Waals surface area contributed by atoms with Gasteiger partial charge in [0.1, 0.15) is 11.6 Å². The number of carbonyl (C=O) groups is 1. The first-order valence-corrected chi connectivity index (χ1v) is 8.21. The van der Waals surface area contributed by atoms with Gasteiger partial charge >= 0.3 is 0 Å². The molecule has 0 bridgehead atoms. The molecule has 1 N–H and O–H groups in total. The summed E-state index contributed by atoms with van der Waals surface area (Å²) >= 11 is 0. The van der Waals surface area contributed by atoms with Crippen molar-refractivity contribution in [2.45, 2.75) is 11.4 Å². The van der Waals surface area contributed by atoms with Crippen molar-refractivity contribution in [3.63, 3.8) is 0 Å². The molecule has 2 aromatic rings. The fraction of sp³-hybridized carbons (Fsp3) is 0.0625. The summed E-state index contributed by atoms with van der Waals surface area (Å²) in [5, 5.41) is 3.49. The zero-order chi connectivity index (χ0) is 16.6. The maximum atomic E-state index is 13.5. The van der Waals surface area contributed by atoms with E-state index in [-0.39, 0.29) is 22.6 Å². The monoisotopic (exact) mass is 335 g/mol. The van der Waals surface area contributed by atoms with E-state index in [2.05, 4.69) is 5.32 Å². The van der Waals surface area contributed by atoms with Gasteiger partial charge in [-0.25, -0.2) is 17.2 Å². The predicted molar refractivity (Wildman–Crippen MR) is 80.2 cm³/mol. The van der Waals surface area contributed by atoms with Gasteiger partial charge in [0.2, 0.25) is 0 Å². The van der Waals surface area contributed by atoms with E-state index in [1.54, 1.807) is 0 Å². The Hall–Kier alpha value is -2.54. The summed E-state index contributed by atoms with van der Waals surface area (Å²) in [5.74, 6) is -1.80. The molecule has 0 spiro atoms. The van der Waals surface area contributed by atoms with E-state index in [1.165, 1.54) is 24.3 Å². The molecule has 1 amide bonds. The lowest BCUT2D eigenvalue weighted by atomic mass is 10.1. The Kier molecular flexibility index (Phi) is 3.73. The quantitative estimate of drug-likeness (QED) is 0.938. The number of benzene rings is 2. The van der Waals surface area contributed by atoms with E-state index in [0.29, 0.717) is 5.56 Å². The number of nitrogens with one attached hydrogen (secondary N) is 1. The second-order valence-corrected chi connectivity index (χ2v) is 6.79. The van der Waals surface area contributed by atoms with Crippen molar-refractivity contribution < 1.29 is 22.0 Å². The van der Waals surface area contributed by atoms with E-state index < -0.39 is 27.4 Å². The van der Waals surface area contributed by atoms with Crippen LogP contribution in [0.4, 0.5) is 8.78 Å². The average Bonchev–Trinajstić information content (AvgIpc) is 2.83. The first kappa shape index (κ1) is 15.4. The first-order chi connectivity index (χ1) is 10.9. The Labute approximate surface area is 131 Å². The molecule has 0 atom stereocenters. The van der Waals surface area contributed by atoms with Crippen LogP contribution in [0.3, 0.4) is 0 Å². The van der Waals surface area contributed by atoms with Crippen molar-refractivity contribution in [2.24, 2.45) is 0 Å². The predicted octanol–water partition coefficient (Wildman–Crippen LogP) is 2.65. The minimum absolute atomic E-state index is 0.00842. The summed E-state index contributed by atoms with van der Waals surface area (Å²) in [6.45, 7) is -0.206. The Morgan fingerprint density at radius 2 is 1.91 bits per heavy atom. The SMILES string of the molecule is O=C(NCc1cc(F)ccc1F)c1cccc2c1C=CS2(=O)=O. The van der Waals surface area contributed by atoms with Gasteiger partial charge in [-0.1, -0.05) is 6.07 Å². The minimum Gasteiger partial charge on any atom is -0.348 e. The molecule has 0 aliphatic carbocycles. The molecule has 2 aromatic carbocycles. The normalized spacial score (nSPS) is 14.5. The highest BCUT2D eigenvalue weighted by molar-refractivity contribution is 7.94. The number of halogens is 2. The Morgan fingerprint density at radius 1 is 1.13 bits per heavy atom. The van der Waals surface area contributed by atoms with Gasteiger partial charge in [0.05, 0.1) is 4.90 Å². The number of rotatable bonds is 3. The Bertz CT molecular complexity index is 936. The van der Waals surface area contributed by atoms with Crippen LogP contribution in [-0.2, 0) is 16.4 Å². The van der Waals surface area contributed by atoms with Crippen LogP contribution in [0, 0.1) is 11.6 Å². The van der Waals surface area contributed by atoms with Crippen LogP contribution < -0.4 is 5.32 Å². The third-order valence-corrected chi connectivity index (χ3v) is 4.94. The number of carbonyl (C=O) groups excluding carboxylic acids is 1. The van der Waals surface area contributed by atoms with Gasteiger partial charge in [-0.3, -0.25) is 4.79 Å². The molecule has 23 heavy (non-hydrogen) atoms. The molecule has 118 valence electrons. The molecule has 7 heteroatoms. The molecule has 0 fully saturated rings. The first-order valence-electron chi connectivity index (χ1n) is 6.67. The van der Waals surface area contributed by atoms with E-state index >= 15 is 0 Å². The average molecular weight is 335 g/mol. The molecule has 0 saturated carbocycles. The number of sulfone groups is 1. The van der Waals surface area contributed by atoms with Gasteiger partial charge in [0.15, 0.2) is 9.84 Å². The lowest BCUT2D eigenvalue weighted by Gasteiger charge is -2.09. The van der Waals surface area contributed by atoms with Crippen molar-refractivity contribution in [1.82, 2.24) is 5.32 Å². The molecule has 0 aromatic heterocycles. The summed E-state index contributed by atoms with van der Waals surface area (Å²) in [4.78, 5) is 12.3. The maximum Gasteiger partial charge on any atom is 0.252 e. The van der Waals surface area contributed by atoms with Gasteiger partial charge in [-0.05, 0) is 36.4 Å². The number of fused-ring (bicyclic) bond motifs is 1. The summed E-state index contributed by atoms with van der Waals surface area (Å²) in [6.07, 6.45) is 1.35. The van der Waals surface area contributed by atoms with Crippen LogP contribution >= 0.6 is 0 Å². The Morgan fingerprint density at radius 3 is 2.70 bits per heavy atom. The third-order valence-electron chi connectivity index (χ3n) is 3.48. The van der Waals surface area contributed by atoms with Crippen molar-refractivity contribution in [3.05, 3.63) is 70.1 Å². The van der Waals surface area contributed by atoms with Crippen LogP contribution in [0.2, 0.25) is 0 Å². The van der Waals surface area contributed by atoms with Crippen LogP contribution in [0.15, 0.2) is 46.7 Å². The number of hydrogen-bond donors (Lipinski definition) is 1. The second kappa shape index (κ2) is 5.58. The lowest BCUT2D eigenvalue weighted by Crippen LogP contribution is -2.24. The maximum absolute atomic E-state index is 13.5. The van der Waals surface area contributed by atoms with Gasteiger partial charge in [0, 0.05) is 28.6 Å². The van der Waals surface area contributed by atoms with Gasteiger partial charge in [0.25, 0.3) is 5.91 Å². The topological polar surface area (TPSA) is 63.2 Å². The van der Waals surface area contributed by atoms with Crippen molar-refractivity contribution in [3.8, 4) is 0 Å². The third kappa shape index (κ3) is 2.87.